The highest BCUT2D eigenvalue weighted by molar-refractivity contribution is 7.81. The Morgan fingerprint density at radius 1 is 0.944 bits per heavy atom. The predicted octanol–water partition coefficient (Wildman–Crippen LogP) is 2.92. The summed E-state index contributed by atoms with van der Waals surface area (Å²) in [5.74, 6) is 0. The number of hydrogen-bond donors (Lipinski definition) is 2. The van der Waals surface area contributed by atoms with Gasteiger partial charge in [0.05, 0.1) is 0 Å². The number of carbonyl (C=O) groups is 1. The number of amides is 2. The first-order valence-electron chi connectivity index (χ1n) is 6.57. The van der Waals surface area contributed by atoms with Gasteiger partial charge in [0.25, 0.3) is 0 Å². The molecule has 0 radical (unpaired) electrons. The second-order valence-corrected chi connectivity index (χ2v) is 8.80. The van der Waals surface area contributed by atoms with Gasteiger partial charge in [0, 0.05) is 35.7 Å². The summed E-state index contributed by atoms with van der Waals surface area (Å²) in [6, 6.07) is 0.171. The highest BCUT2D eigenvalue weighted by Gasteiger charge is 2.29. The zero-order valence-electron chi connectivity index (χ0n) is 11.9. The van der Waals surface area contributed by atoms with Crippen LogP contribution in [0.25, 0.3) is 0 Å². The third-order valence-corrected chi connectivity index (χ3v) is 3.62. The average molecular weight is 290 g/mol. The quantitative estimate of drug-likeness (QED) is 0.722. The van der Waals surface area contributed by atoms with Crippen LogP contribution in [-0.2, 0) is 0 Å². The maximum atomic E-state index is 12.1. The zero-order valence-corrected chi connectivity index (χ0v) is 13.7. The molecule has 1 aliphatic rings. The number of hydrogen-bond acceptors (Lipinski definition) is 3. The van der Waals surface area contributed by atoms with E-state index in [1.165, 1.54) is 0 Å². The molecule has 0 unspecified atom stereocenters. The molecular formula is C13H26N2OS2. The molecule has 1 saturated heterocycles. The maximum Gasteiger partial charge on any atom is 0.320 e. The molecule has 0 saturated carbocycles. The van der Waals surface area contributed by atoms with Gasteiger partial charge in [0.1, 0.15) is 0 Å². The summed E-state index contributed by atoms with van der Waals surface area (Å²) < 4.78 is -0.0262. The molecule has 1 rings (SSSR count). The fraction of sp³-hybridized carbons (Fsp3) is 0.923. The molecule has 0 bridgehead atoms. The van der Waals surface area contributed by atoms with Gasteiger partial charge in [0.15, 0.2) is 0 Å². The van der Waals surface area contributed by atoms with E-state index in [1.54, 1.807) is 0 Å². The summed E-state index contributed by atoms with van der Waals surface area (Å²) >= 11 is 8.99. The van der Waals surface area contributed by atoms with Crippen molar-refractivity contribution in [1.82, 2.24) is 9.80 Å². The topological polar surface area (TPSA) is 23.6 Å². The van der Waals surface area contributed by atoms with Crippen molar-refractivity contribution in [3.63, 3.8) is 0 Å². The van der Waals surface area contributed by atoms with E-state index in [0.29, 0.717) is 0 Å². The van der Waals surface area contributed by atoms with E-state index < -0.39 is 0 Å². The Morgan fingerprint density at radius 3 is 1.56 bits per heavy atom. The fourth-order valence-electron chi connectivity index (χ4n) is 1.86. The molecule has 0 aromatic carbocycles. The van der Waals surface area contributed by atoms with Gasteiger partial charge in [-0.2, -0.15) is 25.3 Å². The predicted molar refractivity (Wildman–Crippen MR) is 83.9 cm³/mol. The Bertz CT molecular complexity index is 266. The van der Waals surface area contributed by atoms with E-state index in [2.05, 4.69) is 53.0 Å². The van der Waals surface area contributed by atoms with E-state index in [9.17, 15) is 4.79 Å². The molecule has 106 valence electrons. The summed E-state index contributed by atoms with van der Waals surface area (Å²) in [6.45, 7) is 11.6. The summed E-state index contributed by atoms with van der Waals surface area (Å²) in [4.78, 5) is 16.0. The first-order valence-corrected chi connectivity index (χ1v) is 7.46. The number of rotatable bonds is 6. The largest absolute Gasteiger partial charge is 0.323 e. The first-order chi connectivity index (χ1) is 8.08. The average Bonchev–Trinajstić information content (AvgIpc) is 2.51. The van der Waals surface area contributed by atoms with E-state index in [4.69, 9.17) is 0 Å². The van der Waals surface area contributed by atoms with Gasteiger partial charge in [-0.15, -0.1) is 0 Å². The standard InChI is InChI=1S/C13H26N2OS2/c1-12(2,17)5-7-14-9-10-15(11(14)16)8-6-13(3,4)18/h17-18H,5-10H2,1-4H3. The zero-order chi connectivity index (χ0) is 14.0. The van der Waals surface area contributed by atoms with Gasteiger partial charge in [-0.1, -0.05) is 27.7 Å². The van der Waals surface area contributed by atoms with Crippen LogP contribution in [0.4, 0.5) is 4.79 Å². The molecule has 0 aliphatic carbocycles. The normalized spacial score (nSPS) is 17.8. The smallest absolute Gasteiger partial charge is 0.320 e. The Balaban J connectivity index is 2.38. The monoisotopic (exact) mass is 290 g/mol. The van der Waals surface area contributed by atoms with Crippen LogP contribution < -0.4 is 0 Å². The molecule has 1 fully saturated rings. The lowest BCUT2D eigenvalue weighted by Gasteiger charge is -2.24. The Morgan fingerprint density at radius 2 is 1.28 bits per heavy atom. The molecule has 18 heavy (non-hydrogen) atoms. The number of urea groups is 1. The van der Waals surface area contributed by atoms with Crippen molar-refractivity contribution in [1.29, 1.82) is 0 Å². The highest BCUT2D eigenvalue weighted by Crippen LogP contribution is 2.21. The molecule has 5 heteroatoms. The van der Waals surface area contributed by atoms with E-state index in [0.717, 1.165) is 39.0 Å². The van der Waals surface area contributed by atoms with Gasteiger partial charge >= 0.3 is 6.03 Å². The Kier molecular flexibility index (Phi) is 5.30. The lowest BCUT2D eigenvalue weighted by Crippen LogP contribution is -2.36. The molecule has 2 amide bonds. The molecule has 1 heterocycles. The molecule has 0 aromatic rings. The van der Waals surface area contributed by atoms with Crippen LogP contribution >= 0.6 is 25.3 Å². The molecule has 1 aliphatic heterocycles. The van der Waals surface area contributed by atoms with Crippen LogP contribution in [0, 0.1) is 0 Å². The van der Waals surface area contributed by atoms with Gasteiger partial charge in [-0.05, 0) is 12.8 Å². The highest BCUT2D eigenvalue weighted by atomic mass is 32.1. The van der Waals surface area contributed by atoms with Crippen molar-refractivity contribution in [2.45, 2.75) is 50.0 Å². The van der Waals surface area contributed by atoms with Crippen LogP contribution in [0.1, 0.15) is 40.5 Å². The maximum absolute atomic E-state index is 12.1. The van der Waals surface area contributed by atoms with E-state index >= 15 is 0 Å². The van der Waals surface area contributed by atoms with Gasteiger partial charge in [-0.3, -0.25) is 0 Å². The summed E-state index contributed by atoms with van der Waals surface area (Å²) in [6.07, 6.45) is 1.85. The van der Waals surface area contributed by atoms with E-state index in [1.807, 2.05) is 9.80 Å². The van der Waals surface area contributed by atoms with Crippen LogP contribution in [-0.4, -0.2) is 51.5 Å². The second kappa shape index (κ2) is 5.95. The van der Waals surface area contributed by atoms with Crippen LogP contribution in [0.5, 0.6) is 0 Å². The molecule has 0 aromatic heterocycles. The molecule has 0 spiro atoms. The first kappa shape index (κ1) is 16.0. The van der Waals surface area contributed by atoms with Gasteiger partial charge in [-0.25, -0.2) is 4.79 Å². The van der Waals surface area contributed by atoms with Crippen LogP contribution in [0.15, 0.2) is 0 Å². The van der Waals surface area contributed by atoms with Gasteiger partial charge < -0.3 is 9.80 Å². The Hall–Kier alpha value is -0.0300. The van der Waals surface area contributed by atoms with Crippen molar-refractivity contribution >= 4 is 31.3 Å². The summed E-state index contributed by atoms with van der Waals surface area (Å²) in [7, 11) is 0. The molecule has 3 nitrogen and oxygen atoms in total. The summed E-state index contributed by atoms with van der Waals surface area (Å²) in [5.41, 5.74) is 0. The lowest BCUT2D eigenvalue weighted by atomic mass is 10.1. The minimum Gasteiger partial charge on any atom is -0.323 e. The minimum atomic E-state index is -0.0131. The molecule has 0 N–H and O–H groups in total. The minimum absolute atomic E-state index is 0.0131. The Labute approximate surface area is 122 Å². The van der Waals surface area contributed by atoms with Crippen molar-refractivity contribution in [2.24, 2.45) is 0 Å². The lowest BCUT2D eigenvalue weighted by molar-refractivity contribution is 0.189. The van der Waals surface area contributed by atoms with Crippen molar-refractivity contribution in [3.8, 4) is 0 Å². The molecular weight excluding hydrogens is 264 g/mol. The number of carbonyl (C=O) groups excluding carboxylic acids is 1. The van der Waals surface area contributed by atoms with Crippen molar-refractivity contribution in [3.05, 3.63) is 0 Å². The van der Waals surface area contributed by atoms with Crippen LogP contribution in [0.3, 0.4) is 0 Å². The molecule has 0 atom stereocenters. The van der Waals surface area contributed by atoms with Crippen LogP contribution in [0.2, 0.25) is 0 Å². The third-order valence-electron chi connectivity index (χ3n) is 3.17. The number of nitrogens with zero attached hydrogens (tertiary/aromatic N) is 2. The third kappa shape index (κ3) is 5.74. The number of thiol groups is 2. The second-order valence-electron chi connectivity index (χ2n) is 6.38. The van der Waals surface area contributed by atoms with Gasteiger partial charge in [0.2, 0.25) is 0 Å². The van der Waals surface area contributed by atoms with Crippen molar-refractivity contribution < 1.29 is 4.79 Å². The fourth-order valence-corrected chi connectivity index (χ4v) is 2.06. The van der Waals surface area contributed by atoms with Crippen molar-refractivity contribution in [2.75, 3.05) is 26.2 Å². The SMILES string of the molecule is CC(C)(S)CCN1CCN(CCC(C)(C)S)C1=O. The van der Waals surface area contributed by atoms with E-state index in [-0.39, 0.29) is 15.5 Å². The summed E-state index contributed by atoms with van der Waals surface area (Å²) in [5, 5.41) is 0.